The third kappa shape index (κ3) is 5.13. The van der Waals surface area contributed by atoms with Gasteiger partial charge in [-0.3, -0.25) is 0 Å². The van der Waals surface area contributed by atoms with Crippen LogP contribution >= 0.6 is 0 Å². The van der Waals surface area contributed by atoms with E-state index in [1.807, 2.05) is 0 Å². The molecular weight excluding hydrogens is 424 g/mol. The van der Waals surface area contributed by atoms with Crippen LogP contribution in [0.25, 0.3) is 0 Å². The lowest BCUT2D eigenvalue weighted by atomic mass is 9.73. The van der Waals surface area contributed by atoms with E-state index in [-0.39, 0.29) is 23.0 Å². The number of epoxide rings is 2. The predicted molar refractivity (Wildman–Crippen MR) is 134 cm³/mol. The minimum atomic E-state index is -0.132. The Bertz CT molecular complexity index is 1020. The molecule has 2 saturated heterocycles. The van der Waals surface area contributed by atoms with Crippen LogP contribution in [0.1, 0.15) is 49.9 Å². The fourth-order valence-electron chi connectivity index (χ4n) is 4.27. The molecule has 34 heavy (non-hydrogen) atoms. The lowest BCUT2D eigenvalue weighted by Gasteiger charge is -2.31. The summed E-state index contributed by atoms with van der Waals surface area (Å²) in [5, 5.41) is 0. The first-order valence-electron chi connectivity index (χ1n) is 12.1. The van der Waals surface area contributed by atoms with Crippen LogP contribution in [-0.4, -0.2) is 38.6 Å². The number of ether oxygens (including phenoxy) is 4. The van der Waals surface area contributed by atoms with Crippen LogP contribution in [0, 0.1) is 0 Å². The smallest absolute Gasteiger partial charge is 0.119 e. The maximum Gasteiger partial charge on any atom is 0.119 e. The minimum Gasteiger partial charge on any atom is -0.491 e. The summed E-state index contributed by atoms with van der Waals surface area (Å²) in [5.74, 6) is 1.78. The van der Waals surface area contributed by atoms with Crippen molar-refractivity contribution in [1.29, 1.82) is 0 Å². The summed E-state index contributed by atoms with van der Waals surface area (Å²) in [5.41, 5.74) is 4.85. The van der Waals surface area contributed by atoms with Gasteiger partial charge in [-0.2, -0.15) is 0 Å². The van der Waals surface area contributed by atoms with Gasteiger partial charge in [-0.25, -0.2) is 0 Å². The largest absolute Gasteiger partial charge is 0.491 e. The van der Waals surface area contributed by atoms with E-state index in [0.717, 1.165) is 24.7 Å². The molecule has 0 spiro atoms. The van der Waals surface area contributed by atoms with E-state index in [0.29, 0.717) is 13.2 Å². The number of hydrogen-bond acceptors (Lipinski definition) is 4. The molecule has 0 saturated carbocycles. The molecule has 0 radical (unpaired) electrons. The van der Waals surface area contributed by atoms with Crippen LogP contribution < -0.4 is 9.47 Å². The Labute approximate surface area is 202 Å². The Balaban J connectivity index is 1.32. The zero-order chi connectivity index (χ0) is 23.8. The second kappa shape index (κ2) is 9.09. The van der Waals surface area contributed by atoms with Gasteiger partial charge in [0.1, 0.15) is 36.9 Å². The molecule has 0 bridgehead atoms. The van der Waals surface area contributed by atoms with E-state index in [4.69, 9.17) is 18.9 Å². The van der Waals surface area contributed by atoms with Crippen molar-refractivity contribution < 1.29 is 18.9 Å². The van der Waals surface area contributed by atoms with E-state index in [9.17, 15) is 0 Å². The average Bonchev–Trinajstić information content (AvgIpc) is 3.77. The SMILES string of the molecule is CC(C)(c1ccc(OCC2CO2)cc1)c1cccc(C(C)(C)c2ccc(OCC3CO3)cc2)c1. The lowest BCUT2D eigenvalue weighted by Crippen LogP contribution is -2.23. The van der Waals surface area contributed by atoms with Crippen LogP contribution in [0.5, 0.6) is 11.5 Å². The minimum absolute atomic E-state index is 0.132. The molecule has 2 aliphatic rings. The summed E-state index contributed by atoms with van der Waals surface area (Å²) in [7, 11) is 0. The van der Waals surface area contributed by atoms with Crippen LogP contribution in [0.4, 0.5) is 0 Å². The van der Waals surface area contributed by atoms with Crippen molar-refractivity contribution in [1.82, 2.24) is 0 Å². The Morgan fingerprint density at radius 3 is 1.35 bits per heavy atom. The molecule has 0 aromatic heterocycles. The Hall–Kier alpha value is -2.82. The van der Waals surface area contributed by atoms with Gasteiger partial charge in [-0.05, 0) is 46.5 Å². The normalized spacial score (nSPS) is 19.5. The van der Waals surface area contributed by atoms with Gasteiger partial charge in [0.15, 0.2) is 0 Å². The molecule has 2 fully saturated rings. The number of benzene rings is 3. The van der Waals surface area contributed by atoms with Crippen LogP contribution in [-0.2, 0) is 20.3 Å². The summed E-state index contributed by atoms with van der Waals surface area (Å²) in [6.45, 7) is 12.0. The number of hydrogen-bond donors (Lipinski definition) is 0. The maximum absolute atomic E-state index is 5.81. The van der Waals surface area contributed by atoms with Crippen molar-refractivity contribution in [2.45, 2.75) is 50.7 Å². The molecular formula is C30H34O4. The fourth-order valence-corrected chi connectivity index (χ4v) is 4.27. The van der Waals surface area contributed by atoms with Crippen LogP contribution in [0.15, 0.2) is 72.8 Å². The molecule has 0 aliphatic carbocycles. The molecule has 2 unspecified atom stereocenters. The highest BCUT2D eigenvalue weighted by atomic mass is 16.6. The molecule has 3 aromatic rings. The van der Waals surface area contributed by atoms with Crippen molar-refractivity contribution in [2.75, 3.05) is 26.4 Å². The van der Waals surface area contributed by atoms with E-state index in [1.54, 1.807) is 0 Å². The molecule has 5 rings (SSSR count). The lowest BCUT2D eigenvalue weighted by molar-refractivity contribution is 0.263. The molecule has 4 heteroatoms. The van der Waals surface area contributed by atoms with Gasteiger partial charge < -0.3 is 18.9 Å². The highest BCUT2D eigenvalue weighted by Gasteiger charge is 2.28. The van der Waals surface area contributed by atoms with Gasteiger partial charge in [0, 0.05) is 10.8 Å². The van der Waals surface area contributed by atoms with E-state index >= 15 is 0 Å². The second-order valence-electron chi connectivity index (χ2n) is 10.4. The van der Waals surface area contributed by atoms with Crippen molar-refractivity contribution in [3.63, 3.8) is 0 Å². The first-order chi connectivity index (χ1) is 16.3. The summed E-state index contributed by atoms with van der Waals surface area (Å²) in [6, 6.07) is 25.9. The fraction of sp³-hybridized carbons (Fsp3) is 0.400. The van der Waals surface area contributed by atoms with Gasteiger partial charge in [-0.1, -0.05) is 76.2 Å². The summed E-state index contributed by atoms with van der Waals surface area (Å²) >= 11 is 0. The standard InChI is InChI=1S/C30H34O4/c1-29(2,21-8-12-25(13-9-21)31-17-27-19-33-27)23-6-5-7-24(16-23)30(3,4)22-10-14-26(15-11-22)32-18-28-20-34-28/h5-16,27-28H,17-20H2,1-4H3. The Morgan fingerprint density at radius 2 is 1.00 bits per heavy atom. The summed E-state index contributed by atoms with van der Waals surface area (Å²) in [4.78, 5) is 0. The molecule has 2 aliphatic heterocycles. The zero-order valence-corrected chi connectivity index (χ0v) is 20.5. The first-order valence-corrected chi connectivity index (χ1v) is 12.1. The molecule has 0 amide bonds. The Kier molecular flexibility index (Phi) is 6.13. The third-order valence-electron chi connectivity index (χ3n) is 7.13. The van der Waals surface area contributed by atoms with Gasteiger partial charge >= 0.3 is 0 Å². The Morgan fingerprint density at radius 1 is 0.618 bits per heavy atom. The van der Waals surface area contributed by atoms with Gasteiger partial charge in [0.25, 0.3) is 0 Å². The topological polar surface area (TPSA) is 43.5 Å². The van der Waals surface area contributed by atoms with Crippen molar-refractivity contribution in [3.05, 3.63) is 95.1 Å². The summed E-state index contributed by atoms with van der Waals surface area (Å²) < 4.78 is 22.1. The zero-order valence-electron chi connectivity index (χ0n) is 20.5. The van der Waals surface area contributed by atoms with Crippen molar-refractivity contribution in [3.8, 4) is 11.5 Å². The van der Waals surface area contributed by atoms with Gasteiger partial charge in [0.2, 0.25) is 0 Å². The highest BCUT2D eigenvalue weighted by Crippen LogP contribution is 2.37. The van der Waals surface area contributed by atoms with E-state index < -0.39 is 0 Å². The molecule has 0 N–H and O–H groups in total. The molecule has 4 nitrogen and oxygen atoms in total. The molecule has 2 heterocycles. The quantitative estimate of drug-likeness (QED) is 0.355. The molecule has 2 atom stereocenters. The van der Waals surface area contributed by atoms with Crippen LogP contribution in [0.2, 0.25) is 0 Å². The average molecular weight is 459 g/mol. The third-order valence-corrected chi connectivity index (χ3v) is 7.13. The molecule has 178 valence electrons. The first kappa shape index (κ1) is 22.9. The van der Waals surface area contributed by atoms with E-state index in [1.165, 1.54) is 22.3 Å². The van der Waals surface area contributed by atoms with E-state index in [2.05, 4.69) is 100 Å². The second-order valence-corrected chi connectivity index (χ2v) is 10.4. The van der Waals surface area contributed by atoms with Crippen molar-refractivity contribution >= 4 is 0 Å². The predicted octanol–water partition coefficient (Wildman–Crippen LogP) is 5.89. The van der Waals surface area contributed by atoms with Gasteiger partial charge in [-0.15, -0.1) is 0 Å². The molecule has 3 aromatic carbocycles. The highest BCUT2D eigenvalue weighted by molar-refractivity contribution is 5.46. The summed E-state index contributed by atoms with van der Waals surface area (Å²) in [6.07, 6.45) is 0.534. The van der Waals surface area contributed by atoms with Gasteiger partial charge in [0.05, 0.1) is 13.2 Å². The van der Waals surface area contributed by atoms with Crippen molar-refractivity contribution in [2.24, 2.45) is 0 Å². The maximum atomic E-state index is 5.81. The monoisotopic (exact) mass is 458 g/mol. The number of rotatable bonds is 10. The van der Waals surface area contributed by atoms with Crippen LogP contribution in [0.3, 0.4) is 0 Å².